The van der Waals surface area contributed by atoms with Gasteiger partial charge in [0.05, 0.1) is 38.2 Å². The molecule has 0 fully saturated rings. The summed E-state index contributed by atoms with van der Waals surface area (Å²) in [7, 11) is 3.22. The Morgan fingerprint density at radius 2 is 1.09 bits per heavy atom. The molecule has 0 radical (unpaired) electrons. The third-order valence-electron chi connectivity index (χ3n) is 7.35. The van der Waals surface area contributed by atoms with Gasteiger partial charge in [-0.05, 0) is 38.1 Å². The summed E-state index contributed by atoms with van der Waals surface area (Å²) in [6.07, 6.45) is 0. The number of rotatable bonds is 8. The fraction of sp³-hybridized carbons (Fsp3) is 0.138. The molecule has 0 aliphatic rings. The average molecular weight is 599 g/mol. The maximum Gasteiger partial charge on any atom is 0.300 e. The van der Waals surface area contributed by atoms with E-state index in [2.05, 4.69) is 10.6 Å². The maximum atomic E-state index is 13.4. The molecule has 15 heteroatoms. The lowest BCUT2D eigenvalue weighted by Gasteiger charge is -2.09. The zero-order chi connectivity index (χ0) is 31.9. The van der Waals surface area contributed by atoms with E-state index in [-0.39, 0.29) is 11.4 Å². The van der Waals surface area contributed by atoms with E-state index in [0.717, 1.165) is 12.1 Å². The largest absolute Gasteiger partial charge is 0.338 e. The minimum absolute atomic E-state index is 0.102. The van der Waals surface area contributed by atoms with Crippen molar-refractivity contribution in [1.29, 1.82) is 0 Å². The fourth-order valence-corrected chi connectivity index (χ4v) is 4.89. The van der Waals surface area contributed by atoms with Crippen LogP contribution < -0.4 is 21.8 Å². The fourth-order valence-electron chi connectivity index (χ4n) is 4.89. The van der Waals surface area contributed by atoms with Crippen molar-refractivity contribution in [3.63, 3.8) is 0 Å². The number of benzene rings is 3. The first kappa shape index (κ1) is 29.2. The van der Waals surface area contributed by atoms with Crippen molar-refractivity contribution in [2.75, 3.05) is 10.6 Å². The van der Waals surface area contributed by atoms with Gasteiger partial charge in [-0.25, -0.2) is 9.36 Å². The molecule has 0 spiro atoms. The zero-order valence-corrected chi connectivity index (χ0v) is 24.0. The molecule has 15 nitrogen and oxygen atoms in total. The Labute approximate surface area is 248 Å². The molecule has 224 valence electrons. The van der Waals surface area contributed by atoms with Gasteiger partial charge in [-0.1, -0.05) is 36.4 Å². The molecule has 0 saturated carbocycles. The summed E-state index contributed by atoms with van der Waals surface area (Å²) in [4.78, 5) is 62.5. The third-order valence-corrected chi connectivity index (χ3v) is 7.35. The highest BCUT2D eigenvalue weighted by molar-refractivity contribution is 6.06. The molecular formula is C29H26N8O7. The van der Waals surface area contributed by atoms with E-state index >= 15 is 0 Å². The Kier molecular flexibility index (Phi) is 7.45. The van der Waals surface area contributed by atoms with Crippen LogP contribution in [0.2, 0.25) is 0 Å². The number of nitro benzene ring substituents is 2. The smallest absolute Gasteiger partial charge is 0.300 e. The maximum absolute atomic E-state index is 13.4. The monoisotopic (exact) mass is 598 g/mol. The van der Waals surface area contributed by atoms with Crippen molar-refractivity contribution in [3.8, 4) is 11.4 Å². The number of carbonyl (C=O) groups excluding carboxylic acids is 1. The molecular weight excluding hydrogens is 572 g/mol. The topological polar surface area (TPSA) is 181 Å². The van der Waals surface area contributed by atoms with Gasteiger partial charge in [0.2, 0.25) is 0 Å². The molecule has 0 aliphatic heterocycles. The van der Waals surface area contributed by atoms with Crippen LogP contribution in [0.4, 0.5) is 28.4 Å². The van der Waals surface area contributed by atoms with Crippen LogP contribution in [0.3, 0.4) is 0 Å². The lowest BCUT2D eigenvalue weighted by molar-refractivity contribution is -0.392. The van der Waals surface area contributed by atoms with E-state index in [1.54, 1.807) is 88.6 Å². The van der Waals surface area contributed by atoms with Crippen LogP contribution in [0.25, 0.3) is 11.4 Å². The number of nitrogens with zero attached hydrogens (tertiary/aromatic N) is 6. The summed E-state index contributed by atoms with van der Waals surface area (Å²) < 4.78 is 5.66. The van der Waals surface area contributed by atoms with E-state index in [1.165, 1.54) is 18.7 Å². The number of hydrogen-bond donors (Lipinski definition) is 2. The Morgan fingerprint density at radius 1 is 0.682 bits per heavy atom. The summed E-state index contributed by atoms with van der Waals surface area (Å²) in [5.74, 6) is -0.976. The van der Waals surface area contributed by atoms with Gasteiger partial charge >= 0.3 is 11.4 Å². The van der Waals surface area contributed by atoms with Crippen molar-refractivity contribution < 1.29 is 14.6 Å². The van der Waals surface area contributed by atoms with Crippen molar-refractivity contribution in [2.24, 2.45) is 14.1 Å². The van der Waals surface area contributed by atoms with Crippen LogP contribution in [0, 0.1) is 34.1 Å². The molecule has 0 atom stereocenters. The molecule has 5 rings (SSSR count). The lowest BCUT2D eigenvalue weighted by atomic mass is 10.1. The zero-order valence-electron chi connectivity index (χ0n) is 24.0. The predicted octanol–water partition coefficient (Wildman–Crippen LogP) is 4.09. The van der Waals surface area contributed by atoms with Gasteiger partial charge < -0.3 is 10.6 Å². The molecule has 0 aliphatic carbocycles. The predicted molar refractivity (Wildman–Crippen MR) is 162 cm³/mol. The normalized spacial score (nSPS) is 10.9. The minimum atomic E-state index is -0.976. The summed E-state index contributed by atoms with van der Waals surface area (Å²) in [6.45, 7) is 3.17. The second-order valence-corrected chi connectivity index (χ2v) is 9.86. The lowest BCUT2D eigenvalue weighted by Crippen LogP contribution is -2.23. The second-order valence-electron chi connectivity index (χ2n) is 9.86. The van der Waals surface area contributed by atoms with Crippen LogP contribution in [-0.2, 0) is 14.1 Å². The van der Waals surface area contributed by atoms with Crippen LogP contribution in [0.1, 0.15) is 21.7 Å². The Morgan fingerprint density at radius 3 is 1.52 bits per heavy atom. The molecule has 5 aromatic rings. The number of nitro groups is 2. The van der Waals surface area contributed by atoms with Crippen molar-refractivity contribution >= 4 is 34.3 Å². The standard InChI is InChI=1S/C29H26N8O7/c1-17-24(28(39)34(32(17)3)20-11-7-5-8-12-20)30-26-22(36(41)42)15-19(16-23(26)37(43)44)27(38)31-25-18(2)33(4)35(29(25)40)21-13-9-6-10-14-21/h5-16,30H,1-4H3,(H,31,38). The Balaban J connectivity index is 1.58. The second kappa shape index (κ2) is 11.2. The van der Waals surface area contributed by atoms with Crippen LogP contribution in [-0.4, -0.2) is 34.5 Å². The SMILES string of the molecule is Cc1c(NC(=O)c2cc([N+](=O)[O-])c(Nc3c(C)n(C)n(-c4ccccc4)c3=O)c([N+](=O)[O-])c2)c(=O)n(-c2ccccc2)n1C. The summed E-state index contributed by atoms with van der Waals surface area (Å²) in [5, 5.41) is 29.4. The van der Waals surface area contributed by atoms with E-state index < -0.39 is 49.5 Å². The number of hydrogen-bond acceptors (Lipinski definition) is 8. The summed E-state index contributed by atoms with van der Waals surface area (Å²) in [6, 6.07) is 19.0. The van der Waals surface area contributed by atoms with Gasteiger partial charge in [-0.15, -0.1) is 0 Å². The van der Waals surface area contributed by atoms with E-state index in [1.807, 2.05) is 0 Å². The highest BCUT2D eigenvalue weighted by Gasteiger charge is 2.31. The van der Waals surface area contributed by atoms with Gasteiger partial charge in [-0.3, -0.25) is 44.0 Å². The third kappa shape index (κ3) is 4.91. The van der Waals surface area contributed by atoms with Crippen molar-refractivity contribution in [1.82, 2.24) is 18.7 Å². The molecule has 0 saturated heterocycles. The number of para-hydroxylation sites is 2. The molecule has 0 bridgehead atoms. The number of nitrogens with one attached hydrogen (secondary N) is 2. The Bertz CT molecular complexity index is 2040. The molecule has 2 aromatic heterocycles. The Hall–Kier alpha value is -6.25. The van der Waals surface area contributed by atoms with Crippen LogP contribution in [0.5, 0.6) is 0 Å². The average Bonchev–Trinajstić information content (AvgIpc) is 3.35. The first-order valence-corrected chi connectivity index (χ1v) is 13.2. The van der Waals surface area contributed by atoms with Gasteiger partial charge in [-0.2, -0.15) is 0 Å². The highest BCUT2D eigenvalue weighted by atomic mass is 16.6. The van der Waals surface area contributed by atoms with Gasteiger partial charge in [0.1, 0.15) is 11.4 Å². The summed E-state index contributed by atoms with van der Waals surface area (Å²) >= 11 is 0. The molecule has 3 aromatic carbocycles. The first-order valence-electron chi connectivity index (χ1n) is 13.2. The van der Waals surface area contributed by atoms with Crippen LogP contribution in [0.15, 0.2) is 82.4 Å². The van der Waals surface area contributed by atoms with Crippen molar-refractivity contribution in [3.05, 3.63) is 131 Å². The number of aromatic nitrogens is 4. The summed E-state index contributed by atoms with van der Waals surface area (Å²) in [5.41, 5.74) is -2.27. The first-order chi connectivity index (χ1) is 20.9. The van der Waals surface area contributed by atoms with E-state index in [9.17, 15) is 34.6 Å². The van der Waals surface area contributed by atoms with E-state index in [0.29, 0.717) is 22.8 Å². The van der Waals surface area contributed by atoms with Gasteiger partial charge in [0.15, 0.2) is 5.69 Å². The number of anilines is 3. The molecule has 2 heterocycles. The molecule has 2 N–H and O–H groups in total. The number of amides is 1. The molecule has 0 unspecified atom stereocenters. The van der Waals surface area contributed by atoms with Gasteiger partial charge in [0, 0.05) is 26.2 Å². The van der Waals surface area contributed by atoms with Crippen molar-refractivity contribution in [2.45, 2.75) is 13.8 Å². The molecule has 44 heavy (non-hydrogen) atoms. The van der Waals surface area contributed by atoms with Gasteiger partial charge in [0.25, 0.3) is 17.0 Å². The number of carbonyl (C=O) groups is 1. The molecule has 1 amide bonds. The minimum Gasteiger partial charge on any atom is -0.338 e. The quantitative estimate of drug-likeness (QED) is 0.198. The van der Waals surface area contributed by atoms with Crippen LogP contribution >= 0.6 is 0 Å². The highest BCUT2D eigenvalue weighted by Crippen LogP contribution is 2.38. The van der Waals surface area contributed by atoms with E-state index in [4.69, 9.17) is 0 Å².